The van der Waals surface area contributed by atoms with Crippen molar-refractivity contribution in [3.63, 3.8) is 0 Å². The van der Waals surface area contributed by atoms with Gasteiger partial charge in [0.1, 0.15) is 11.8 Å². The van der Waals surface area contributed by atoms with E-state index in [1.807, 2.05) is 84.9 Å². The smallest absolute Gasteiger partial charge is 0.261 e. The van der Waals surface area contributed by atoms with Gasteiger partial charge in [0.15, 0.2) is 6.61 Å². The molecule has 0 heterocycles. The lowest BCUT2D eigenvalue weighted by Gasteiger charge is -2.31. The number of ether oxygens (including phenoxy) is 1. The van der Waals surface area contributed by atoms with Crippen LogP contribution in [0.1, 0.15) is 30.9 Å². The summed E-state index contributed by atoms with van der Waals surface area (Å²) in [7, 11) is 0. The highest BCUT2D eigenvalue weighted by molar-refractivity contribution is 9.10. The van der Waals surface area contributed by atoms with Gasteiger partial charge in [0.05, 0.1) is 4.47 Å². The molecule has 0 fully saturated rings. The lowest BCUT2D eigenvalue weighted by molar-refractivity contribution is -0.142. The normalized spacial score (nSPS) is 11.7. The molecule has 0 saturated carbocycles. The summed E-state index contributed by atoms with van der Waals surface area (Å²) >= 11 is 9.89. The van der Waals surface area contributed by atoms with Crippen LogP contribution < -0.4 is 10.1 Å². The number of nitrogens with zero attached hydrogens (tertiary/aromatic N) is 1. The van der Waals surface area contributed by atoms with Gasteiger partial charge in [-0.05, 0) is 62.4 Å². The zero-order valence-corrected chi connectivity index (χ0v) is 24.3. The lowest BCUT2D eigenvalue weighted by Crippen LogP contribution is -2.51. The van der Waals surface area contributed by atoms with E-state index in [1.165, 1.54) is 0 Å². The van der Waals surface area contributed by atoms with Gasteiger partial charge < -0.3 is 15.0 Å². The molecule has 39 heavy (non-hydrogen) atoms. The highest BCUT2D eigenvalue weighted by Gasteiger charge is 2.30. The number of fused-ring (bicyclic) bond motifs is 1. The van der Waals surface area contributed by atoms with E-state index in [-0.39, 0.29) is 25.0 Å². The highest BCUT2D eigenvalue weighted by Crippen LogP contribution is 2.33. The summed E-state index contributed by atoms with van der Waals surface area (Å²) in [4.78, 5) is 28.9. The van der Waals surface area contributed by atoms with E-state index in [2.05, 4.69) is 28.2 Å². The highest BCUT2D eigenvalue weighted by atomic mass is 79.9. The molecule has 4 aromatic rings. The molecular formula is C32H32BrClN2O3. The van der Waals surface area contributed by atoms with E-state index >= 15 is 0 Å². The van der Waals surface area contributed by atoms with Gasteiger partial charge in [0.25, 0.3) is 5.91 Å². The maximum absolute atomic E-state index is 13.8. The third kappa shape index (κ3) is 7.84. The first kappa shape index (κ1) is 28.7. The van der Waals surface area contributed by atoms with Crippen molar-refractivity contribution in [3.8, 4) is 5.75 Å². The number of nitrogens with one attached hydrogen (secondary N) is 1. The summed E-state index contributed by atoms with van der Waals surface area (Å²) < 4.78 is 6.82. The third-order valence-electron chi connectivity index (χ3n) is 6.52. The number of carbonyl (C=O) groups excluding carboxylic acids is 2. The molecule has 5 nitrogen and oxygen atoms in total. The maximum Gasteiger partial charge on any atom is 0.261 e. The average Bonchev–Trinajstić information content (AvgIpc) is 2.95. The van der Waals surface area contributed by atoms with Crippen LogP contribution in [0.5, 0.6) is 5.75 Å². The first-order valence-electron chi connectivity index (χ1n) is 13.1. The maximum atomic E-state index is 13.8. The molecule has 1 atom stereocenters. The molecular weight excluding hydrogens is 576 g/mol. The van der Waals surface area contributed by atoms with Crippen LogP contribution >= 0.6 is 27.5 Å². The van der Waals surface area contributed by atoms with Gasteiger partial charge in [0.2, 0.25) is 5.91 Å². The van der Waals surface area contributed by atoms with E-state index in [4.69, 9.17) is 16.3 Å². The number of carbonyl (C=O) groups is 2. The second-order valence-corrected chi connectivity index (χ2v) is 10.6. The molecule has 0 aliphatic heterocycles. The number of amides is 2. The summed E-state index contributed by atoms with van der Waals surface area (Å²) in [5.74, 6) is 0.0907. The van der Waals surface area contributed by atoms with E-state index in [1.54, 1.807) is 11.0 Å². The zero-order valence-electron chi connectivity index (χ0n) is 21.9. The minimum absolute atomic E-state index is 0.186. The van der Waals surface area contributed by atoms with Crippen LogP contribution in [0, 0.1) is 0 Å². The third-order valence-corrected chi connectivity index (χ3v) is 7.57. The molecule has 0 aliphatic carbocycles. The number of hydrogen-bond donors (Lipinski definition) is 1. The van der Waals surface area contributed by atoms with Gasteiger partial charge in [-0.1, -0.05) is 97.7 Å². The van der Waals surface area contributed by atoms with E-state index in [0.717, 1.165) is 39.2 Å². The van der Waals surface area contributed by atoms with Gasteiger partial charge in [-0.3, -0.25) is 9.59 Å². The van der Waals surface area contributed by atoms with Crippen LogP contribution in [0.2, 0.25) is 5.02 Å². The van der Waals surface area contributed by atoms with Crippen molar-refractivity contribution in [1.29, 1.82) is 0 Å². The van der Waals surface area contributed by atoms with Crippen molar-refractivity contribution in [2.24, 2.45) is 0 Å². The fraction of sp³-hybridized carbons (Fsp3) is 0.250. The van der Waals surface area contributed by atoms with Crippen molar-refractivity contribution in [3.05, 3.63) is 112 Å². The van der Waals surface area contributed by atoms with Crippen LogP contribution in [0.15, 0.2) is 95.5 Å². The molecule has 0 radical (unpaired) electrons. The molecule has 0 aromatic heterocycles. The molecule has 0 spiro atoms. The van der Waals surface area contributed by atoms with E-state index in [9.17, 15) is 9.59 Å². The number of hydrogen-bond acceptors (Lipinski definition) is 3. The Morgan fingerprint density at radius 1 is 0.949 bits per heavy atom. The number of rotatable bonds is 12. The van der Waals surface area contributed by atoms with Crippen molar-refractivity contribution >= 4 is 50.1 Å². The molecule has 202 valence electrons. The van der Waals surface area contributed by atoms with Crippen molar-refractivity contribution in [2.45, 2.75) is 38.8 Å². The average molecular weight is 608 g/mol. The number of benzene rings is 4. The van der Waals surface area contributed by atoms with Gasteiger partial charge in [-0.15, -0.1) is 0 Å². The Bertz CT molecular complexity index is 1410. The summed E-state index contributed by atoms with van der Waals surface area (Å²) in [6, 6.07) is 28.1. The predicted octanol–water partition coefficient (Wildman–Crippen LogP) is 7.19. The lowest BCUT2D eigenvalue weighted by atomic mass is 10.0. The summed E-state index contributed by atoms with van der Waals surface area (Å²) in [5, 5.41) is 5.67. The Labute approximate surface area is 243 Å². The van der Waals surface area contributed by atoms with Gasteiger partial charge >= 0.3 is 0 Å². The molecule has 4 rings (SSSR count). The Balaban J connectivity index is 1.62. The molecule has 0 bridgehead atoms. The van der Waals surface area contributed by atoms with Crippen LogP contribution in [0.3, 0.4) is 0 Å². The Morgan fingerprint density at radius 2 is 1.69 bits per heavy atom. The Morgan fingerprint density at radius 3 is 2.46 bits per heavy atom. The van der Waals surface area contributed by atoms with Crippen LogP contribution in [-0.4, -0.2) is 35.9 Å². The zero-order chi connectivity index (χ0) is 27.6. The molecule has 4 aromatic carbocycles. The fourth-order valence-corrected chi connectivity index (χ4v) is 5.26. The second-order valence-electron chi connectivity index (χ2n) is 9.39. The topological polar surface area (TPSA) is 58.6 Å². The largest absolute Gasteiger partial charge is 0.483 e. The number of halogens is 2. The van der Waals surface area contributed by atoms with Gasteiger partial charge in [-0.25, -0.2) is 0 Å². The van der Waals surface area contributed by atoms with Crippen molar-refractivity contribution in [1.82, 2.24) is 10.2 Å². The molecule has 7 heteroatoms. The first-order valence-corrected chi connectivity index (χ1v) is 14.3. The summed E-state index contributed by atoms with van der Waals surface area (Å²) in [6.45, 7) is 2.64. The number of unbranched alkanes of at least 4 members (excludes halogenated alkanes) is 1. The quantitative estimate of drug-likeness (QED) is 0.173. The van der Waals surface area contributed by atoms with Gasteiger partial charge in [0, 0.05) is 24.5 Å². The first-order chi connectivity index (χ1) is 19.0. The summed E-state index contributed by atoms with van der Waals surface area (Å²) in [6.07, 6.45) is 2.21. The van der Waals surface area contributed by atoms with Gasteiger partial charge in [-0.2, -0.15) is 0 Å². The summed E-state index contributed by atoms with van der Waals surface area (Å²) in [5.41, 5.74) is 1.80. The fourth-order valence-electron chi connectivity index (χ4n) is 4.44. The monoisotopic (exact) mass is 606 g/mol. The van der Waals surface area contributed by atoms with Crippen LogP contribution in [0.25, 0.3) is 10.8 Å². The standard InChI is InChI=1S/C32H32BrClN2O3/c1-2-3-18-35-32(38)28(20-23-10-5-4-6-11-23)36(21-24-12-9-14-26(34)19-24)30(37)22-39-29-17-16-25-13-7-8-15-27(25)31(29)33/h4-17,19,28H,2-3,18,20-22H2,1H3,(H,35,38). The minimum atomic E-state index is -0.723. The Hall–Kier alpha value is -3.35. The van der Waals surface area contributed by atoms with Crippen molar-refractivity contribution in [2.75, 3.05) is 13.2 Å². The Kier molecular flexibility index (Phi) is 10.4. The molecule has 0 aliphatic rings. The van der Waals surface area contributed by atoms with E-state index < -0.39 is 6.04 Å². The molecule has 1 N–H and O–H groups in total. The SMILES string of the molecule is CCCCNC(=O)C(Cc1ccccc1)N(Cc1cccc(Cl)c1)C(=O)COc1ccc2ccccc2c1Br. The predicted molar refractivity (Wildman–Crippen MR) is 161 cm³/mol. The van der Waals surface area contributed by atoms with E-state index in [0.29, 0.717) is 23.7 Å². The van der Waals surface area contributed by atoms with Crippen molar-refractivity contribution < 1.29 is 14.3 Å². The molecule has 0 saturated heterocycles. The minimum Gasteiger partial charge on any atom is -0.483 e. The molecule has 2 amide bonds. The van der Waals surface area contributed by atoms with Crippen LogP contribution in [-0.2, 0) is 22.6 Å². The molecule has 1 unspecified atom stereocenters. The van der Waals surface area contributed by atoms with Crippen LogP contribution in [0.4, 0.5) is 0 Å². The second kappa shape index (κ2) is 14.2.